The van der Waals surface area contributed by atoms with Crippen LogP contribution in [0.25, 0.3) is 22.3 Å². The number of fused-ring (bicyclic) bond motifs is 2. The molecule has 2 heterocycles. The van der Waals surface area contributed by atoms with E-state index in [0.29, 0.717) is 5.56 Å². The molecule has 2 aromatic carbocycles. The van der Waals surface area contributed by atoms with E-state index >= 15 is 0 Å². The Morgan fingerprint density at radius 2 is 1.79 bits per heavy atom. The minimum absolute atomic E-state index is 0.0306. The van der Waals surface area contributed by atoms with Gasteiger partial charge in [0, 0.05) is 30.7 Å². The molecule has 1 aromatic heterocycles. The van der Waals surface area contributed by atoms with Crippen LogP contribution in [-0.2, 0) is 0 Å². The second-order valence-corrected chi connectivity index (χ2v) is 5.51. The van der Waals surface area contributed by atoms with E-state index in [9.17, 15) is 19.4 Å². The average molecular weight is 330 g/mol. The van der Waals surface area contributed by atoms with Crippen molar-refractivity contribution in [1.29, 1.82) is 0 Å². The van der Waals surface area contributed by atoms with Crippen molar-refractivity contribution in [2.24, 2.45) is 0 Å². The zero-order valence-electron chi connectivity index (χ0n) is 12.4. The van der Waals surface area contributed by atoms with Crippen LogP contribution >= 0.6 is 0 Å². The normalized spacial score (nSPS) is 18.9. The summed E-state index contributed by atoms with van der Waals surface area (Å²) < 4.78 is 29.3. The van der Waals surface area contributed by atoms with Gasteiger partial charge in [0.2, 0.25) is 0 Å². The van der Waals surface area contributed by atoms with Crippen molar-refractivity contribution >= 4 is 11.0 Å². The molecule has 122 valence electrons. The van der Waals surface area contributed by atoms with E-state index in [4.69, 9.17) is 13.9 Å². The molecule has 0 saturated heterocycles. The SMILES string of the molecule is CC1(F)Oc2ccc(-c3cc(=O)c4c(O)cc(O)cc4o3)cc2O1. The number of halogens is 1. The van der Waals surface area contributed by atoms with E-state index in [1.54, 1.807) is 6.07 Å². The quantitative estimate of drug-likeness (QED) is 0.712. The average Bonchev–Trinajstić information content (AvgIpc) is 2.78. The number of ether oxygens (including phenoxy) is 2. The van der Waals surface area contributed by atoms with Crippen LogP contribution in [-0.4, -0.2) is 16.3 Å². The standard InChI is InChI=1S/C17H11FO6/c1-17(18)23-12-3-2-8(4-14(12)24-17)13-7-11(21)16-10(20)5-9(19)6-15(16)22-13/h2-7,19-20H,1H3. The van der Waals surface area contributed by atoms with Crippen molar-refractivity contribution in [3.63, 3.8) is 0 Å². The lowest BCUT2D eigenvalue weighted by atomic mass is 10.1. The third-order valence-electron chi connectivity index (χ3n) is 3.61. The van der Waals surface area contributed by atoms with Gasteiger partial charge < -0.3 is 24.1 Å². The van der Waals surface area contributed by atoms with Gasteiger partial charge in [-0.2, -0.15) is 4.39 Å². The molecule has 1 aliphatic heterocycles. The number of alkyl halides is 1. The molecule has 2 N–H and O–H groups in total. The Morgan fingerprint density at radius 1 is 1.04 bits per heavy atom. The fourth-order valence-corrected chi connectivity index (χ4v) is 2.64. The lowest BCUT2D eigenvalue weighted by Crippen LogP contribution is -2.27. The van der Waals surface area contributed by atoms with Crippen LogP contribution in [0.5, 0.6) is 23.0 Å². The number of benzene rings is 2. The van der Waals surface area contributed by atoms with Crippen molar-refractivity contribution in [1.82, 2.24) is 0 Å². The molecule has 1 aliphatic rings. The number of aromatic hydroxyl groups is 2. The van der Waals surface area contributed by atoms with E-state index in [-0.39, 0.29) is 39.7 Å². The summed E-state index contributed by atoms with van der Waals surface area (Å²) in [5.74, 6) is -0.0131. The van der Waals surface area contributed by atoms with E-state index in [0.717, 1.165) is 13.0 Å². The van der Waals surface area contributed by atoms with Crippen LogP contribution in [0.4, 0.5) is 4.39 Å². The molecule has 0 saturated carbocycles. The number of phenols is 2. The van der Waals surface area contributed by atoms with E-state index < -0.39 is 11.5 Å². The first-order chi connectivity index (χ1) is 11.3. The van der Waals surface area contributed by atoms with Crippen molar-refractivity contribution in [3.05, 3.63) is 46.6 Å². The molecule has 0 aliphatic carbocycles. The highest BCUT2D eigenvalue weighted by Crippen LogP contribution is 2.42. The minimum Gasteiger partial charge on any atom is -0.508 e. The minimum atomic E-state index is -2.25. The largest absolute Gasteiger partial charge is 0.508 e. The predicted octanol–water partition coefficient (Wildman–Crippen LogP) is 3.29. The summed E-state index contributed by atoms with van der Waals surface area (Å²) in [5, 5.41) is 19.3. The van der Waals surface area contributed by atoms with Crippen molar-refractivity contribution in [3.8, 4) is 34.3 Å². The Morgan fingerprint density at radius 3 is 2.58 bits per heavy atom. The second kappa shape index (κ2) is 4.64. The van der Waals surface area contributed by atoms with Gasteiger partial charge in [-0.15, -0.1) is 0 Å². The van der Waals surface area contributed by atoms with Crippen LogP contribution in [0.15, 0.2) is 45.6 Å². The topological polar surface area (TPSA) is 89.1 Å². The van der Waals surface area contributed by atoms with Crippen LogP contribution in [0.1, 0.15) is 6.92 Å². The van der Waals surface area contributed by atoms with Crippen molar-refractivity contribution < 1.29 is 28.5 Å². The number of phenolic OH excluding ortho intramolecular Hbond substituents is 2. The molecular formula is C17H11FO6. The number of rotatable bonds is 1. The molecule has 0 fully saturated rings. The van der Waals surface area contributed by atoms with Crippen LogP contribution < -0.4 is 14.9 Å². The van der Waals surface area contributed by atoms with Gasteiger partial charge in [-0.05, 0) is 18.2 Å². The van der Waals surface area contributed by atoms with E-state index in [1.165, 1.54) is 24.3 Å². The third-order valence-corrected chi connectivity index (χ3v) is 3.61. The molecule has 0 bridgehead atoms. The first kappa shape index (κ1) is 14.4. The van der Waals surface area contributed by atoms with Crippen molar-refractivity contribution in [2.75, 3.05) is 0 Å². The Bertz CT molecular complexity index is 1040. The second-order valence-electron chi connectivity index (χ2n) is 5.51. The Hall–Kier alpha value is -3.22. The zero-order chi connectivity index (χ0) is 17.1. The fraction of sp³-hybridized carbons (Fsp3) is 0.118. The smallest absolute Gasteiger partial charge is 0.404 e. The molecule has 4 rings (SSSR count). The Kier molecular flexibility index (Phi) is 2.78. The molecule has 0 spiro atoms. The molecule has 1 unspecified atom stereocenters. The highest BCUT2D eigenvalue weighted by molar-refractivity contribution is 5.86. The van der Waals surface area contributed by atoms with Crippen LogP contribution in [0, 0.1) is 0 Å². The van der Waals surface area contributed by atoms with E-state index in [2.05, 4.69) is 0 Å². The molecule has 7 heteroatoms. The molecule has 1 atom stereocenters. The lowest BCUT2D eigenvalue weighted by molar-refractivity contribution is -0.173. The predicted molar refractivity (Wildman–Crippen MR) is 82.0 cm³/mol. The maximum atomic E-state index is 13.7. The maximum absolute atomic E-state index is 13.7. The summed E-state index contributed by atoms with van der Waals surface area (Å²) in [6.45, 7) is 1.13. The molecule has 0 amide bonds. The summed E-state index contributed by atoms with van der Waals surface area (Å²) in [6.07, 6.45) is 0. The first-order valence-electron chi connectivity index (χ1n) is 7.04. The van der Waals surface area contributed by atoms with Gasteiger partial charge in [-0.25, -0.2) is 0 Å². The Labute approximate surface area is 134 Å². The lowest BCUT2D eigenvalue weighted by Gasteiger charge is -2.10. The summed E-state index contributed by atoms with van der Waals surface area (Å²) in [4.78, 5) is 12.2. The summed E-state index contributed by atoms with van der Waals surface area (Å²) in [7, 11) is 0. The Balaban J connectivity index is 1.88. The molecular weight excluding hydrogens is 319 g/mol. The maximum Gasteiger partial charge on any atom is 0.404 e. The molecule has 24 heavy (non-hydrogen) atoms. The third kappa shape index (κ3) is 2.21. The van der Waals surface area contributed by atoms with E-state index in [1.807, 2.05) is 0 Å². The number of hydrogen-bond acceptors (Lipinski definition) is 6. The van der Waals surface area contributed by atoms with Gasteiger partial charge in [-0.3, -0.25) is 4.79 Å². The zero-order valence-corrected chi connectivity index (χ0v) is 12.4. The van der Waals surface area contributed by atoms with Gasteiger partial charge >= 0.3 is 6.04 Å². The van der Waals surface area contributed by atoms with Gasteiger partial charge in [0.1, 0.15) is 28.2 Å². The summed E-state index contributed by atoms with van der Waals surface area (Å²) in [5.41, 5.74) is 0.0108. The highest BCUT2D eigenvalue weighted by Gasteiger charge is 2.36. The highest BCUT2D eigenvalue weighted by atomic mass is 19.2. The van der Waals surface area contributed by atoms with Gasteiger partial charge in [0.05, 0.1) is 0 Å². The summed E-state index contributed by atoms with van der Waals surface area (Å²) >= 11 is 0. The molecule has 3 aromatic rings. The van der Waals surface area contributed by atoms with Crippen molar-refractivity contribution in [2.45, 2.75) is 13.0 Å². The first-order valence-corrected chi connectivity index (χ1v) is 7.04. The fourth-order valence-electron chi connectivity index (χ4n) is 2.64. The van der Waals surface area contributed by atoms with Gasteiger partial charge in [-0.1, -0.05) is 0 Å². The van der Waals surface area contributed by atoms with Crippen LogP contribution in [0.2, 0.25) is 0 Å². The van der Waals surface area contributed by atoms with Gasteiger partial charge in [0.15, 0.2) is 16.9 Å². The van der Waals surface area contributed by atoms with Gasteiger partial charge in [0.25, 0.3) is 0 Å². The van der Waals surface area contributed by atoms with Crippen LogP contribution in [0.3, 0.4) is 0 Å². The molecule has 0 radical (unpaired) electrons. The molecule has 6 nitrogen and oxygen atoms in total. The number of hydrogen-bond donors (Lipinski definition) is 2. The summed E-state index contributed by atoms with van der Waals surface area (Å²) in [6, 6.07) is 5.80. The monoisotopic (exact) mass is 330 g/mol.